The molecule has 2 amide bonds. The first-order chi connectivity index (χ1) is 16.8. The molecule has 0 saturated heterocycles. The van der Waals surface area contributed by atoms with E-state index >= 15 is 0 Å². The summed E-state index contributed by atoms with van der Waals surface area (Å²) in [4.78, 5) is 32.6. The van der Waals surface area contributed by atoms with E-state index in [0.29, 0.717) is 22.5 Å². The van der Waals surface area contributed by atoms with Crippen molar-refractivity contribution >= 4 is 28.8 Å². The number of pyridine rings is 1. The third-order valence-electron chi connectivity index (χ3n) is 4.74. The Kier molecular flexibility index (Phi) is 5.28. The van der Waals surface area contributed by atoms with Crippen LogP contribution in [0.25, 0.3) is 11.0 Å². The van der Waals surface area contributed by atoms with E-state index in [9.17, 15) is 18.4 Å². The summed E-state index contributed by atoms with van der Waals surface area (Å²) in [6.45, 7) is 0. The normalized spacial score (nSPS) is 13.3. The number of hydrogen-bond acceptors (Lipinski definition) is 9. The van der Waals surface area contributed by atoms with Crippen molar-refractivity contribution in [2.75, 3.05) is 12.4 Å². The largest absolute Gasteiger partial charge is 0.586 e. The summed E-state index contributed by atoms with van der Waals surface area (Å²) in [5, 5.41) is 12.8. The van der Waals surface area contributed by atoms with Crippen LogP contribution < -0.4 is 24.8 Å². The van der Waals surface area contributed by atoms with Crippen molar-refractivity contribution in [1.82, 2.24) is 25.5 Å². The topological polar surface area (TPSA) is 137 Å². The molecule has 2 aromatic heterocycles. The maximum absolute atomic E-state index is 13.2. The molecule has 176 valence electrons. The van der Waals surface area contributed by atoms with Crippen LogP contribution in [-0.4, -0.2) is 45.3 Å². The van der Waals surface area contributed by atoms with Gasteiger partial charge in [-0.2, -0.15) is 0 Å². The van der Waals surface area contributed by atoms with Crippen molar-refractivity contribution in [2.24, 2.45) is 0 Å². The predicted molar refractivity (Wildman–Crippen MR) is 116 cm³/mol. The van der Waals surface area contributed by atoms with Gasteiger partial charge >= 0.3 is 6.29 Å². The molecule has 0 unspecified atom stereocenters. The minimum Gasteiger partial charge on any atom is -0.457 e. The zero-order valence-electron chi connectivity index (χ0n) is 17.8. The molecular formula is C22H14F2N6O5. The van der Waals surface area contributed by atoms with Crippen molar-refractivity contribution < 1.29 is 32.6 Å². The monoisotopic (exact) mass is 480 g/mol. The van der Waals surface area contributed by atoms with E-state index in [1.165, 1.54) is 31.4 Å². The molecule has 1 aliphatic heterocycles. The summed E-state index contributed by atoms with van der Waals surface area (Å²) in [7, 11) is 1.49. The van der Waals surface area contributed by atoms with Crippen LogP contribution in [0.5, 0.6) is 23.0 Å². The second-order valence-corrected chi connectivity index (χ2v) is 7.13. The number of alkyl halides is 2. The highest BCUT2D eigenvalue weighted by Gasteiger charge is 2.43. The van der Waals surface area contributed by atoms with Gasteiger partial charge in [-0.1, -0.05) is 0 Å². The van der Waals surface area contributed by atoms with Gasteiger partial charge in [0.05, 0.1) is 5.52 Å². The van der Waals surface area contributed by atoms with E-state index in [4.69, 9.17) is 4.74 Å². The lowest BCUT2D eigenvalue weighted by molar-refractivity contribution is -0.286. The van der Waals surface area contributed by atoms with E-state index in [0.717, 1.165) is 6.07 Å². The number of rotatable bonds is 5. The summed E-state index contributed by atoms with van der Waals surface area (Å²) in [5.74, 6) is -0.825. The Morgan fingerprint density at radius 2 is 1.71 bits per heavy atom. The zero-order chi connectivity index (χ0) is 24.6. The van der Waals surface area contributed by atoms with Crippen molar-refractivity contribution in [2.45, 2.75) is 6.29 Å². The molecule has 4 aromatic rings. The number of carbonyl (C=O) groups excluding carboxylic acids is 2. The first kappa shape index (κ1) is 21.9. The number of ether oxygens (including phenoxy) is 3. The quantitative estimate of drug-likeness (QED) is 0.441. The van der Waals surface area contributed by atoms with Crippen LogP contribution in [0.2, 0.25) is 0 Å². The Hall–Kier alpha value is -4.94. The zero-order valence-corrected chi connectivity index (χ0v) is 17.8. The Balaban J connectivity index is 1.34. The molecule has 0 radical (unpaired) electrons. The highest BCUT2D eigenvalue weighted by Crippen LogP contribution is 2.41. The maximum Gasteiger partial charge on any atom is 0.586 e. The van der Waals surface area contributed by atoms with Crippen LogP contribution in [0.15, 0.2) is 54.7 Å². The Morgan fingerprint density at radius 1 is 0.914 bits per heavy atom. The molecule has 2 aromatic carbocycles. The molecule has 0 spiro atoms. The summed E-state index contributed by atoms with van der Waals surface area (Å²) in [6.07, 6.45) is -2.35. The smallest absolute Gasteiger partial charge is 0.457 e. The van der Waals surface area contributed by atoms with Gasteiger partial charge in [-0.25, -0.2) is 4.98 Å². The molecule has 1 aliphatic rings. The van der Waals surface area contributed by atoms with Gasteiger partial charge in [0.1, 0.15) is 22.7 Å². The number of halogens is 2. The van der Waals surface area contributed by atoms with E-state index in [1.54, 1.807) is 24.3 Å². The van der Waals surface area contributed by atoms with E-state index in [-0.39, 0.29) is 34.6 Å². The van der Waals surface area contributed by atoms with E-state index in [2.05, 4.69) is 40.3 Å². The molecule has 0 atom stereocenters. The van der Waals surface area contributed by atoms with Crippen LogP contribution in [0.1, 0.15) is 20.8 Å². The van der Waals surface area contributed by atoms with Gasteiger partial charge in [-0.05, 0) is 36.4 Å². The number of carbonyl (C=O) groups is 2. The molecule has 3 heterocycles. The SMILES string of the molecule is CNC(=O)c1cc(Oc2ccc3nnc(NC(=O)c4ccc5c(c4)OC(F)(F)O5)nc3c2)ccn1. The summed E-state index contributed by atoms with van der Waals surface area (Å²) < 4.78 is 40.9. The number of aromatic nitrogens is 4. The number of benzene rings is 2. The third-order valence-corrected chi connectivity index (χ3v) is 4.74. The lowest BCUT2D eigenvalue weighted by Crippen LogP contribution is -2.25. The lowest BCUT2D eigenvalue weighted by Gasteiger charge is -2.08. The number of hydrogen-bond donors (Lipinski definition) is 2. The Bertz CT molecular complexity index is 1480. The summed E-state index contributed by atoms with van der Waals surface area (Å²) in [6, 6.07) is 11.5. The highest BCUT2D eigenvalue weighted by atomic mass is 19.3. The number of fused-ring (bicyclic) bond motifs is 2. The fourth-order valence-corrected chi connectivity index (χ4v) is 3.16. The van der Waals surface area contributed by atoms with Gasteiger partial charge in [0, 0.05) is 30.9 Å². The molecule has 35 heavy (non-hydrogen) atoms. The van der Waals surface area contributed by atoms with E-state index in [1.807, 2.05) is 0 Å². The number of anilines is 1. The molecular weight excluding hydrogens is 466 g/mol. The van der Waals surface area contributed by atoms with Crippen molar-refractivity contribution in [3.63, 3.8) is 0 Å². The molecule has 0 saturated carbocycles. The maximum atomic E-state index is 13.2. The Labute approximate surface area is 195 Å². The van der Waals surface area contributed by atoms with Gasteiger partial charge in [0.15, 0.2) is 11.5 Å². The highest BCUT2D eigenvalue weighted by molar-refractivity contribution is 6.04. The number of amides is 2. The molecule has 5 rings (SSSR count). The third kappa shape index (κ3) is 4.59. The average Bonchev–Trinajstić information content (AvgIpc) is 3.16. The minimum atomic E-state index is -3.79. The van der Waals surface area contributed by atoms with Crippen LogP contribution in [0.4, 0.5) is 14.7 Å². The number of nitrogens with zero attached hydrogens (tertiary/aromatic N) is 4. The van der Waals surface area contributed by atoms with Gasteiger partial charge in [-0.3, -0.25) is 19.9 Å². The molecule has 13 heteroatoms. The molecule has 11 nitrogen and oxygen atoms in total. The number of nitrogens with one attached hydrogen (secondary N) is 2. The second-order valence-electron chi connectivity index (χ2n) is 7.13. The first-order valence-corrected chi connectivity index (χ1v) is 10.0. The van der Waals surface area contributed by atoms with Crippen LogP contribution in [0, 0.1) is 0 Å². The lowest BCUT2D eigenvalue weighted by atomic mass is 10.2. The predicted octanol–water partition coefficient (Wildman–Crippen LogP) is 3.15. The molecule has 0 aliphatic carbocycles. The fraction of sp³-hybridized carbons (Fsp3) is 0.0909. The van der Waals surface area contributed by atoms with Crippen LogP contribution in [0.3, 0.4) is 0 Å². The van der Waals surface area contributed by atoms with Crippen LogP contribution in [-0.2, 0) is 0 Å². The molecule has 0 fully saturated rings. The van der Waals surface area contributed by atoms with Gasteiger partial charge < -0.3 is 19.5 Å². The van der Waals surface area contributed by atoms with Gasteiger partial charge in [0.2, 0.25) is 5.95 Å². The van der Waals surface area contributed by atoms with Crippen molar-refractivity contribution in [3.05, 3.63) is 66.0 Å². The average molecular weight is 480 g/mol. The second kappa shape index (κ2) is 8.44. The Morgan fingerprint density at radius 3 is 2.54 bits per heavy atom. The van der Waals surface area contributed by atoms with Crippen molar-refractivity contribution in [3.8, 4) is 23.0 Å². The van der Waals surface area contributed by atoms with E-state index < -0.39 is 12.2 Å². The molecule has 0 bridgehead atoms. The minimum absolute atomic E-state index is 0.0236. The van der Waals surface area contributed by atoms with Crippen molar-refractivity contribution in [1.29, 1.82) is 0 Å². The standard InChI is InChI=1S/C22H14F2N6O5/c1-25-20(32)16-10-13(6-7-26-16)33-12-3-4-14-15(9-12)27-21(30-29-14)28-19(31)11-2-5-17-18(8-11)35-22(23,24)34-17/h2-10H,1H3,(H,25,32)(H,27,28,30,31). The van der Waals surface area contributed by atoms with Gasteiger partial charge in [0.25, 0.3) is 11.8 Å². The first-order valence-electron chi connectivity index (χ1n) is 10.0. The summed E-state index contributed by atoms with van der Waals surface area (Å²) in [5.41, 5.74) is 1.00. The van der Waals surface area contributed by atoms with Crippen LogP contribution >= 0.6 is 0 Å². The summed E-state index contributed by atoms with van der Waals surface area (Å²) >= 11 is 0. The molecule has 2 N–H and O–H groups in total. The fourth-order valence-electron chi connectivity index (χ4n) is 3.16. The van der Waals surface area contributed by atoms with Gasteiger partial charge in [-0.15, -0.1) is 19.0 Å².